The second-order valence-corrected chi connectivity index (χ2v) is 8.47. The van der Waals surface area contributed by atoms with Crippen LogP contribution >= 0.6 is 11.3 Å². The number of amides is 1. The highest BCUT2D eigenvalue weighted by Gasteiger charge is 2.21. The predicted octanol–water partition coefficient (Wildman–Crippen LogP) is 3.63. The minimum atomic E-state index is -0.0855. The molecule has 0 bridgehead atoms. The first-order valence-electron chi connectivity index (χ1n) is 10.2. The summed E-state index contributed by atoms with van der Waals surface area (Å²) in [6.07, 6.45) is 4.95. The number of hydrogen-bond acceptors (Lipinski definition) is 6. The van der Waals surface area contributed by atoms with Gasteiger partial charge in [-0.3, -0.25) is 9.59 Å². The zero-order chi connectivity index (χ0) is 21.2. The number of fused-ring (bicyclic) bond motifs is 1. The molecule has 2 N–H and O–H groups in total. The molecule has 1 aliphatic heterocycles. The summed E-state index contributed by atoms with van der Waals surface area (Å²) in [5.74, 6) is 0.00792. The number of rotatable bonds is 5. The van der Waals surface area contributed by atoms with Crippen LogP contribution in [0.5, 0.6) is 0 Å². The molecule has 31 heavy (non-hydrogen) atoms. The van der Waals surface area contributed by atoms with Crippen LogP contribution in [0.25, 0.3) is 16.9 Å². The number of ketones is 1. The van der Waals surface area contributed by atoms with Crippen LogP contribution in [-0.2, 0) is 4.79 Å². The molecule has 5 rings (SSSR count). The third kappa shape index (κ3) is 3.87. The van der Waals surface area contributed by atoms with Crippen molar-refractivity contribution in [1.82, 2.24) is 19.9 Å². The van der Waals surface area contributed by atoms with Crippen molar-refractivity contribution in [3.8, 4) is 11.3 Å². The number of piperidine rings is 1. The number of thiophene rings is 1. The van der Waals surface area contributed by atoms with E-state index in [-0.39, 0.29) is 17.6 Å². The summed E-state index contributed by atoms with van der Waals surface area (Å²) in [5, 5.41) is 12.6. The first-order valence-corrected chi connectivity index (χ1v) is 11.1. The summed E-state index contributed by atoms with van der Waals surface area (Å²) in [4.78, 5) is 30.5. The van der Waals surface area contributed by atoms with Crippen molar-refractivity contribution < 1.29 is 9.59 Å². The Morgan fingerprint density at radius 1 is 1.13 bits per heavy atom. The highest BCUT2D eigenvalue weighted by molar-refractivity contribution is 7.12. The van der Waals surface area contributed by atoms with Gasteiger partial charge in [0.1, 0.15) is 0 Å². The SMILES string of the molecule is O=C(c1cccs1)c1cnn2c(-c3cccc(NC(=O)C4CCNCC4)c3)ccnc12. The number of carbonyl (C=O) groups excluding carboxylic acids is 2. The fourth-order valence-electron chi connectivity index (χ4n) is 3.90. The van der Waals surface area contributed by atoms with Gasteiger partial charge in [-0.15, -0.1) is 11.3 Å². The third-order valence-electron chi connectivity index (χ3n) is 5.53. The topological polar surface area (TPSA) is 88.4 Å². The molecule has 7 nitrogen and oxygen atoms in total. The number of aromatic nitrogens is 3. The van der Waals surface area contributed by atoms with Crippen molar-refractivity contribution in [2.24, 2.45) is 5.92 Å². The van der Waals surface area contributed by atoms with E-state index in [2.05, 4.69) is 20.7 Å². The van der Waals surface area contributed by atoms with Crippen molar-refractivity contribution in [3.05, 3.63) is 70.7 Å². The number of hydrogen-bond donors (Lipinski definition) is 2. The second-order valence-electron chi connectivity index (χ2n) is 7.52. The van der Waals surface area contributed by atoms with E-state index in [0.29, 0.717) is 16.1 Å². The maximum absolute atomic E-state index is 12.8. The Kier molecular flexibility index (Phi) is 5.31. The molecule has 156 valence electrons. The Morgan fingerprint density at radius 2 is 2.00 bits per heavy atom. The van der Waals surface area contributed by atoms with E-state index < -0.39 is 0 Å². The van der Waals surface area contributed by atoms with E-state index in [1.165, 1.54) is 11.3 Å². The molecule has 1 aromatic carbocycles. The van der Waals surface area contributed by atoms with Crippen molar-refractivity contribution in [2.45, 2.75) is 12.8 Å². The van der Waals surface area contributed by atoms with Crippen LogP contribution in [0.4, 0.5) is 5.69 Å². The fourth-order valence-corrected chi connectivity index (χ4v) is 4.57. The zero-order valence-corrected chi connectivity index (χ0v) is 17.6. The van der Waals surface area contributed by atoms with E-state index >= 15 is 0 Å². The quantitative estimate of drug-likeness (QED) is 0.471. The molecule has 1 amide bonds. The molecule has 3 aromatic heterocycles. The molecule has 4 heterocycles. The zero-order valence-electron chi connectivity index (χ0n) is 16.7. The summed E-state index contributed by atoms with van der Waals surface area (Å²) in [7, 11) is 0. The number of nitrogens with one attached hydrogen (secondary N) is 2. The van der Waals surface area contributed by atoms with Gasteiger partial charge in [0.25, 0.3) is 0 Å². The van der Waals surface area contributed by atoms with Gasteiger partial charge in [0, 0.05) is 23.4 Å². The first-order chi connectivity index (χ1) is 15.2. The Morgan fingerprint density at radius 3 is 2.81 bits per heavy atom. The minimum absolute atomic E-state index is 0.0366. The van der Waals surface area contributed by atoms with Crippen LogP contribution in [0.15, 0.2) is 60.2 Å². The van der Waals surface area contributed by atoms with Gasteiger partial charge in [0.15, 0.2) is 5.65 Å². The first kappa shape index (κ1) is 19.6. The van der Waals surface area contributed by atoms with Crippen molar-refractivity contribution in [1.29, 1.82) is 0 Å². The molecule has 0 spiro atoms. The number of anilines is 1. The van der Waals surface area contributed by atoms with E-state index in [1.807, 2.05) is 41.8 Å². The largest absolute Gasteiger partial charge is 0.326 e. The molecule has 0 atom stereocenters. The fraction of sp³-hybridized carbons (Fsp3) is 0.217. The van der Waals surface area contributed by atoms with Gasteiger partial charge in [0.05, 0.1) is 22.3 Å². The standard InChI is InChI=1S/C23H21N5O2S/c29-21(20-5-2-12-31-20)18-14-26-28-19(8-11-25-22(18)28)16-3-1-4-17(13-16)27-23(30)15-6-9-24-10-7-15/h1-5,8,11-15,24H,6-7,9-10H2,(H,27,30). The normalized spacial score (nSPS) is 14.6. The average Bonchev–Trinajstić information content (AvgIpc) is 3.50. The van der Waals surface area contributed by atoms with E-state index in [0.717, 1.165) is 42.9 Å². The molecule has 0 radical (unpaired) electrons. The van der Waals surface area contributed by atoms with Gasteiger partial charge in [-0.25, -0.2) is 9.50 Å². The number of nitrogens with zero attached hydrogens (tertiary/aromatic N) is 3. The van der Waals surface area contributed by atoms with Crippen LogP contribution in [0.3, 0.4) is 0 Å². The summed E-state index contributed by atoms with van der Waals surface area (Å²) in [6, 6.07) is 13.2. The van der Waals surface area contributed by atoms with E-state index in [4.69, 9.17) is 0 Å². The molecule has 0 saturated carbocycles. The smallest absolute Gasteiger partial charge is 0.227 e. The Balaban J connectivity index is 1.45. The highest BCUT2D eigenvalue weighted by Crippen LogP contribution is 2.26. The van der Waals surface area contributed by atoms with Gasteiger partial charge in [0.2, 0.25) is 11.7 Å². The summed E-state index contributed by atoms with van der Waals surface area (Å²) >= 11 is 1.40. The summed E-state index contributed by atoms with van der Waals surface area (Å²) in [6.45, 7) is 1.75. The molecule has 0 unspecified atom stereocenters. The van der Waals surface area contributed by atoms with Crippen molar-refractivity contribution in [3.63, 3.8) is 0 Å². The minimum Gasteiger partial charge on any atom is -0.326 e. The second kappa shape index (κ2) is 8.41. The lowest BCUT2D eigenvalue weighted by Crippen LogP contribution is -2.34. The molecule has 1 saturated heterocycles. The molecule has 1 fully saturated rings. The number of carbonyl (C=O) groups is 2. The molecular weight excluding hydrogens is 410 g/mol. The van der Waals surface area contributed by atoms with Crippen molar-refractivity contribution >= 4 is 34.4 Å². The molecule has 4 aromatic rings. The molecular formula is C23H21N5O2S. The third-order valence-corrected chi connectivity index (χ3v) is 6.40. The Labute approximate surface area is 183 Å². The van der Waals surface area contributed by atoms with Gasteiger partial charge in [-0.1, -0.05) is 18.2 Å². The van der Waals surface area contributed by atoms with Gasteiger partial charge < -0.3 is 10.6 Å². The average molecular weight is 432 g/mol. The van der Waals surface area contributed by atoms with Crippen LogP contribution in [0.1, 0.15) is 28.1 Å². The summed E-state index contributed by atoms with van der Waals surface area (Å²) in [5.41, 5.74) is 3.41. The lowest BCUT2D eigenvalue weighted by Gasteiger charge is -2.21. The van der Waals surface area contributed by atoms with Gasteiger partial charge in [-0.2, -0.15) is 5.10 Å². The summed E-state index contributed by atoms with van der Waals surface area (Å²) < 4.78 is 1.68. The molecule has 8 heteroatoms. The highest BCUT2D eigenvalue weighted by atomic mass is 32.1. The van der Waals surface area contributed by atoms with Crippen LogP contribution in [0, 0.1) is 5.92 Å². The van der Waals surface area contributed by atoms with E-state index in [9.17, 15) is 9.59 Å². The van der Waals surface area contributed by atoms with Crippen LogP contribution < -0.4 is 10.6 Å². The van der Waals surface area contributed by atoms with Gasteiger partial charge in [-0.05, 0) is 55.6 Å². The van der Waals surface area contributed by atoms with Crippen molar-refractivity contribution in [2.75, 3.05) is 18.4 Å². The lowest BCUT2D eigenvalue weighted by molar-refractivity contribution is -0.120. The predicted molar refractivity (Wildman–Crippen MR) is 120 cm³/mol. The maximum atomic E-state index is 12.8. The molecule has 1 aliphatic rings. The number of benzene rings is 1. The molecule has 0 aliphatic carbocycles. The van der Waals surface area contributed by atoms with Crippen LogP contribution in [0.2, 0.25) is 0 Å². The Hall–Kier alpha value is -3.36. The van der Waals surface area contributed by atoms with Gasteiger partial charge >= 0.3 is 0 Å². The monoisotopic (exact) mass is 431 g/mol. The van der Waals surface area contributed by atoms with E-state index in [1.54, 1.807) is 23.0 Å². The lowest BCUT2D eigenvalue weighted by atomic mass is 9.97. The maximum Gasteiger partial charge on any atom is 0.227 e. The Bertz CT molecular complexity index is 1240. The van der Waals surface area contributed by atoms with Crippen LogP contribution in [-0.4, -0.2) is 39.4 Å².